The van der Waals surface area contributed by atoms with E-state index in [1.165, 1.54) is 38.1 Å². The van der Waals surface area contributed by atoms with E-state index in [9.17, 15) is 40.3 Å². The Morgan fingerprint density at radius 3 is 2.21 bits per heavy atom. The van der Waals surface area contributed by atoms with E-state index in [2.05, 4.69) is 5.32 Å². The summed E-state index contributed by atoms with van der Waals surface area (Å²) < 4.78 is 99.8. The fourth-order valence-corrected chi connectivity index (χ4v) is 6.02. The van der Waals surface area contributed by atoms with Crippen LogP contribution < -0.4 is 5.32 Å². The maximum absolute atomic E-state index is 14.0. The van der Waals surface area contributed by atoms with Crippen molar-refractivity contribution < 1.29 is 45.1 Å². The molecule has 2 fully saturated rings. The molecule has 2 aliphatic heterocycles. The molecule has 42 heavy (non-hydrogen) atoms. The number of benzene rings is 2. The van der Waals surface area contributed by atoms with E-state index >= 15 is 0 Å². The van der Waals surface area contributed by atoms with Gasteiger partial charge in [-0.15, -0.1) is 0 Å². The highest BCUT2D eigenvalue weighted by Crippen LogP contribution is 2.44. The number of carbonyl (C=O) groups excluding carboxylic acids is 2. The third kappa shape index (κ3) is 6.35. The number of ether oxygens (including phenoxy) is 1. The number of hydrogen-bond acceptors (Lipinski definition) is 4. The van der Waals surface area contributed by atoms with Gasteiger partial charge in [-0.1, -0.05) is 6.07 Å². The van der Waals surface area contributed by atoms with Crippen LogP contribution in [0.2, 0.25) is 0 Å². The topological polar surface area (TPSA) is 61.9 Å². The average Bonchev–Trinajstić information content (AvgIpc) is 3.33. The van der Waals surface area contributed by atoms with Crippen molar-refractivity contribution in [1.29, 1.82) is 0 Å². The number of hydrogen-bond donors (Lipinski definition) is 1. The number of methoxy groups -OCH3 is 1. The summed E-state index contributed by atoms with van der Waals surface area (Å²) in [5, 5.41) is 3.35. The Hall–Kier alpha value is -3.35. The highest BCUT2D eigenvalue weighted by molar-refractivity contribution is 5.77. The van der Waals surface area contributed by atoms with E-state index < -0.39 is 65.0 Å². The molecule has 1 N–H and O–H groups in total. The van der Waals surface area contributed by atoms with E-state index in [4.69, 9.17) is 4.74 Å². The van der Waals surface area contributed by atoms with Gasteiger partial charge in [0.2, 0.25) is 0 Å². The second-order valence-corrected chi connectivity index (χ2v) is 11.1. The van der Waals surface area contributed by atoms with Gasteiger partial charge in [-0.2, -0.15) is 26.3 Å². The van der Waals surface area contributed by atoms with E-state index in [0.717, 1.165) is 4.90 Å². The Kier molecular flexibility index (Phi) is 8.56. The number of amides is 2. The average molecular weight is 604 g/mol. The fourth-order valence-electron chi connectivity index (χ4n) is 6.02. The molecule has 0 aromatic heterocycles. The lowest BCUT2D eigenvalue weighted by Gasteiger charge is -2.47. The Morgan fingerprint density at radius 1 is 1.05 bits per heavy atom. The summed E-state index contributed by atoms with van der Waals surface area (Å²) in [6.45, 7) is 3.22. The van der Waals surface area contributed by atoms with Crippen molar-refractivity contribution in [2.75, 3.05) is 20.7 Å². The summed E-state index contributed by atoms with van der Waals surface area (Å²) in [7, 11) is 2.61. The zero-order valence-corrected chi connectivity index (χ0v) is 23.5. The third-order valence-corrected chi connectivity index (χ3v) is 8.48. The molecule has 0 saturated carbocycles. The summed E-state index contributed by atoms with van der Waals surface area (Å²) >= 11 is 0. The molecule has 0 bridgehead atoms. The molecule has 3 unspecified atom stereocenters. The van der Waals surface area contributed by atoms with Gasteiger partial charge in [0.15, 0.2) is 0 Å². The Morgan fingerprint density at radius 2 is 1.67 bits per heavy atom. The van der Waals surface area contributed by atoms with Gasteiger partial charge in [0.05, 0.1) is 30.3 Å². The van der Waals surface area contributed by atoms with Crippen molar-refractivity contribution in [3.8, 4) is 0 Å². The highest BCUT2D eigenvalue weighted by atomic mass is 19.4. The summed E-state index contributed by atoms with van der Waals surface area (Å²) in [5.41, 5.74) is -2.57. The van der Waals surface area contributed by atoms with Crippen LogP contribution in [0.4, 0.5) is 35.5 Å². The van der Waals surface area contributed by atoms with Crippen molar-refractivity contribution in [1.82, 2.24) is 15.1 Å². The molecule has 230 valence electrons. The number of rotatable bonds is 4. The lowest BCUT2D eigenvalue weighted by Crippen LogP contribution is -2.56. The fraction of sp³-hybridized carbons (Fsp3) is 0.517. The molecule has 0 radical (unpaired) electrons. The van der Waals surface area contributed by atoms with E-state index in [1.807, 2.05) is 0 Å². The zero-order valence-electron chi connectivity index (χ0n) is 23.5. The van der Waals surface area contributed by atoms with Crippen LogP contribution in [0.25, 0.3) is 0 Å². The predicted molar refractivity (Wildman–Crippen MR) is 139 cm³/mol. The summed E-state index contributed by atoms with van der Waals surface area (Å²) in [6, 6.07) is 2.53. The maximum atomic E-state index is 14.0. The van der Waals surface area contributed by atoms with Gasteiger partial charge in [-0.05, 0) is 86.6 Å². The van der Waals surface area contributed by atoms with Crippen LogP contribution in [-0.2, 0) is 21.9 Å². The van der Waals surface area contributed by atoms with Crippen LogP contribution in [0.5, 0.6) is 0 Å². The number of carbonyl (C=O) groups is 2. The maximum Gasteiger partial charge on any atom is 0.416 e. The van der Waals surface area contributed by atoms with Gasteiger partial charge in [0.25, 0.3) is 0 Å². The predicted octanol–water partition coefficient (Wildman–Crippen LogP) is 6.79. The summed E-state index contributed by atoms with van der Waals surface area (Å²) in [6.07, 6.45) is -8.14. The number of alkyl halides is 6. The lowest BCUT2D eigenvalue weighted by molar-refractivity contribution is -0.144. The number of esters is 1. The van der Waals surface area contributed by atoms with Crippen LogP contribution in [0.1, 0.15) is 72.5 Å². The SMILES string of the molecule is COC(=O)C1CCC2(CCN(C(=O)N(C)[C@H](C)c3cc(C(F)(F)F)cc(C(F)(F)F)c3)C(c3ccc(F)cc3C)C2)N1. The Bertz CT molecular complexity index is 1310. The molecule has 4 rings (SSSR count). The molecule has 2 saturated heterocycles. The first-order chi connectivity index (χ1) is 19.5. The smallest absolute Gasteiger partial charge is 0.416 e. The Balaban J connectivity index is 1.67. The van der Waals surface area contributed by atoms with Crippen molar-refractivity contribution in [3.05, 3.63) is 70.0 Å². The van der Waals surface area contributed by atoms with Gasteiger partial charge < -0.3 is 14.5 Å². The lowest BCUT2D eigenvalue weighted by atomic mass is 9.79. The van der Waals surface area contributed by atoms with Crippen LogP contribution >= 0.6 is 0 Å². The van der Waals surface area contributed by atoms with Gasteiger partial charge in [0.1, 0.15) is 11.9 Å². The van der Waals surface area contributed by atoms with Crippen molar-refractivity contribution >= 4 is 12.0 Å². The van der Waals surface area contributed by atoms with Crippen LogP contribution in [0, 0.1) is 12.7 Å². The molecule has 2 aromatic rings. The second-order valence-electron chi connectivity index (χ2n) is 11.1. The second kappa shape index (κ2) is 11.4. The number of piperidine rings is 1. The number of halogens is 7. The third-order valence-electron chi connectivity index (χ3n) is 8.48. The molecule has 2 amide bonds. The van der Waals surface area contributed by atoms with Gasteiger partial charge >= 0.3 is 24.4 Å². The van der Waals surface area contributed by atoms with Gasteiger partial charge in [0, 0.05) is 19.1 Å². The molecule has 0 aliphatic carbocycles. The molecule has 13 heteroatoms. The van der Waals surface area contributed by atoms with Crippen LogP contribution in [-0.4, -0.2) is 54.1 Å². The van der Waals surface area contributed by atoms with Crippen LogP contribution in [0.3, 0.4) is 0 Å². The molecular formula is C29H32F7N3O3. The number of nitrogens with one attached hydrogen (secondary N) is 1. The van der Waals surface area contributed by atoms with E-state index in [-0.39, 0.29) is 18.2 Å². The quantitative estimate of drug-likeness (QED) is 0.309. The molecule has 2 aliphatic rings. The van der Waals surface area contributed by atoms with Gasteiger partial charge in [-0.25, -0.2) is 9.18 Å². The summed E-state index contributed by atoms with van der Waals surface area (Å²) in [5.74, 6) is -0.882. The minimum absolute atomic E-state index is 0.0473. The summed E-state index contributed by atoms with van der Waals surface area (Å²) in [4.78, 5) is 28.7. The van der Waals surface area contributed by atoms with Crippen LogP contribution in [0.15, 0.2) is 36.4 Å². The standard InChI is InChI=1S/C29H32F7N3O3/c1-16-11-21(30)5-6-22(16)24-15-27(8-7-23(37-27)25(40)42-4)9-10-39(24)26(41)38(3)17(2)18-12-19(28(31,32)33)14-20(13-18)29(34,35)36/h5-6,11-14,17,23-24,37H,7-10,15H2,1-4H3/t17-,23?,24?,27?/m1/s1. The molecule has 4 atom stereocenters. The van der Waals surface area contributed by atoms with Crippen molar-refractivity contribution in [3.63, 3.8) is 0 Å². The first-order valence-corrected chi connectivity index (χ1v) is 13.4. The first kappa shape index (κ1) is 31.6. The van der Waals surface area contributed by atoms with Crippen molar-refractivity contribution in [2.24, 2.45) is 0 Å². The number of urea groups is 1. The van der Waals surface area contributed by atoms with E-state index in [1.54, 1.807) is 13.0 Å². The molecular weight excluding hydrogens is 571 g/mol. The first-order valence-electron chi connectivity index (χ1n) is 13.4. The molecule has 6 nitrogen and oxygen atoms in total. The minimum atomic E-state index is -5.03. The monoisotopic (exact) mass is 603 g/mol. The molecule has 1 spiro atoms. The van der Waals surface area contributed by atoms with Crippen molar-refractivity contribution in [2.45, 2.75) is 75.5 Å². The normalized spacial score (nSPS) is 23.6. The molecule has 2 heterocycles. The number of nitrogens with zero attached hydrogens (tertiary/aromatic N) is 2. The largest absolute Gasteiger partial charge is 0.468 e. The minimum Gasteiger partial charge on any atom is -0.468 e. The van der Waals surface area contributed by atoms with Gasteiger partial charge in [-0.3, -0.25) is 10.1 Å². The van der Waals surface area contributed by atoms with E-state index in [0.29, 0.717) is 48.9 Å². The Labute approximate surface area is 238 Å². The number of likely N-dealkylation sites (tertiary alicyclic amines) is 1. The number of aryl methyl sites for hydroxylation is 1. The molecule has 2 aromatic carbocycles. The highest BCUT2D eigenvalue weighted by Gasteiger charge is 2.48. The zero-order chi connectivity index (χ0) is 31.2.